The van der Waals surface area contributed by atoms with Crippen molar-refractivity contribution >= 4 is 45.1 Å². The first-order valence-corrected chi connectivity index (χ1v) is 10.5. The molecule has 168 valence electrons. The number of carbonyl (C=O) groups excluding carboxylic acids is 3. The Hall–Kier alpha value is -3.98. The SMILES string of the molecule is COc1ccccc1NC(=O)C(=O)NN=C(C)c1ccccc1OC(=O)c1ccccc1Br. The lowest BCUT2D eigenvalue weighted by molar-refractivity contribution is -0.136. The molecule has 0 unspecified atom stereocenters. The van der Waals surface area contributed by atoms with Crippen molar-refractivity contribution in [3.63, 3.8) is 0 Å². The lowest BCUT2D eigenvalue weighted by Crippen LogP contribution is -2.33. The second kappa shape index (κ2) is 11.1. The summed E-state index contributed by atoms with van der Waals surface area (Å²) in [6, 6.07) is 20.3. The molecule has 0 saturated carbocycles. The van der Waals surface area contributed by atoms with Crippen molar-refractivity contribution in [1.82, 2.24) is 5.43 Å². The third kappa shape index (κ3) is 6.05. The van der Waals surface area contributed by atoms with Gasteiger partial charge >= 0.3 is 17.8 Å². The Morgan fingerprint density at radius 3 is 2.12 bits per heavy atom. The van der Waals surface area contributed by atoms with E-state index in [9.17, 15) is 14.4 Å². The first-order valence-electron chi connectivity index (χ1n) is 9.75. The molecule has 9 heteroatoms. The number of halogens is 1. The summed E-state index contributed by atoms with van der Waals surface area (Å²) in [4.78, 5) is 37.0. The number of nitrogens with zero attached hydrogens (tertiary/aromatic N) is 1. The Morgan fingerprint density at radius 1 is 0.818 bits per heavy atom. The van der Waals surface area contributed by atoms with Gasteiger partial charge in [-0.1, -0.05) is 36.4 Å². The first-order chi connectivity index (χ1) is 15.9. The van der Waals surface area contributed by atoms with Crippen molar-refractivity contribution in [3.05, 3.63) is 88.4 Å². The number of para-hydroxylation sites is 3. The normalized spacial score (nSPS) is 10.8. The van der Waals surface area contributed by atoms with Crippen LogP contribution in [0.2, 0.25) is 0 Å². The predicted molar refractivity (Wildman–Crippen MR) is 128 cm³/mol. The molecular formula is C24H20BrN3O5. The van der Waals surface area contributed by atoms with E-state index in [1.54, 1.807) is 79.7 Å². The second-order valence-electron chi connectivity index (χ2n) is 6.66. The second-order valence-corrected chi connectivity index (χ2v) is 7.51. The highest BCUT2D eigenvalue weighted by Crippen LogP contribution is 2.24. The van der Waals surface area contributed by atoms with Gasteiger partial charge in [-0.2, -0.15) is 5.10 Å². The van der Waals surface area contributed by atoms with Gasteiger partial charge in [0.15, 0.2) is 0 Å². The molecule has 0 radical (unpaired) electrons. The van der Waals surface area contributed by atoms with Gasteiger partial charge in [0.25, 0.3) is 0 Å². The van der Waals surface area contributed by atoms with E-state index in [4.69, 9.17) is 9.47 Å². The standard InChI is InChI=1S/C24H20BrN3O5/c1-15(27-28-23(30)22(29)26-19-12-6-8-14-21(19)32-2)16-9-4-7-13-20(16)33-24(31)17-10-3-5-11-18(17)25/h3-14H,1-2H3,(H,26,29)(H,28,30). The van der Waals surface area contributed by atoms with Crippen LogP contribution < -0.4 is 20.2 Å². The molecule has 0 spiro atoms. The Morgan fingerprint density at radius 2 is 1.42 bits per heavy atom. The third-order valence-corrected chi connectivity index (χ3v) is 5.15. The molecule has 0 bridgehead atoms. The van der Waals surface area contributed by atoms with E-state index in [0.29, 0.717) is 32.7 Å². The van der Waals surface area contributed by atoms with E-state index in [0.717, 1.165) is 0 Å². The molecule has 0 aliphatic carbocycles. The Balaban J connectivity index is 1.71. The molecular weight excluding hydrogens is 490 g/mol. The zero-order chi connectivity index (χ0) is 23.8. The lowest BCUT2D eigenvalue weighted by atomic mass is 10.1. The molecule has 3 rings (SSSR count). The van der Waals surface area contributed by atoms with Gasteiger partial charge in [-0.15, -0.1) is 0 Å². The van der Waals surface area contributed by atoms with Crippen LogP contribution in [-0.2, 0) is 9.59 Å². The fraction of sp³-hybridized carbons (Fsp3) is 0.0833. The van der Waals surface area contributed by atoms with E-state index in [1.165, 1.54) is 7.11 Å². The van der Waals surface area contributed by atoms with E-state index in [2.05, 4.69) is 31.8 Å². The molecule has 3 aromatic carbocycles. The van der Waals surface area contributed by atoms with Crippen molar-refractivity contribution in [2.75, 3.05) is 12.4 Å². The number of benzene rings is 3. The summed E-state index contributed by atoms with van der Waals surface area (Å²) in [6.45, 7) is 1.61. The van der Waals surface area contributed by atoms with Crippen LogP contribution in [0.3, 0.4) is 0 Å². The quantitative estimate of drug-likeness (QED) is 0.170. The van der Waals surface area contributed by atoms with E-state index < -0.39 is 17.8 Å². The molecule has 0 aromatic heterocycles. The highest BCUT2D eigenvalue weighted by Gasteiger charge is 2.17. The Kier molecular flexibility index (Phi) is 7.93. The highest BCUT2D eigenvalue weighted by atomic mass is 79.9. The van der Waals surface area contributed by atoms with Gasteiger partial charge in [-0.25, -0.2) is 10.2 Å². The van der Waals surface area contributed by atoms with Gasteiger partial charge in [0.1, 0.15) is 11.5 Å². The molecule has 2 N–H and O–H groups in total. The van der Waals surface area contributed by atoms with Gasteiger partial charge in [-0.05, 0) is 59.3 Å². The van der Waals surface area contributed by atoms with Crippen LogP contribution in [0.25, 0.3) is 0 Å². The molecule has 0 aliphatic rings. The Bertz CT molecular complexity index is 1230. The van der Waals surface area contributed by atoms with Crippen LogP contribution in [0.1, 0.15) is 22.8 Å². The van der Waals surface area contributed by atoms with Crippen LogP contribution >= 0.6 is 15.9 Å². The number of methoxy groups -OCH3 is 1. The van der Waals surface area contributed by atoms with E-state index >= 15 is 0 Å². The van der Waals surface area contributed by atoms with E-state index in [1.807, 2.05) is 0 Å². The van der Waals surface area contributed by atoms with Crippen molar-refractivity contribution < 1.29 is 23.9 Å². The number of hydrogen-bond acceptors (Lipinski definition) is 6. The number of amides is 2. The maximum Gasteiger partial charge on any atom is 0.344 e. The number of ether oxygens (including phenoxy) is 2. The number of hydrogen-bond donors (Lipinski definition) is 2. The summed E-state index contributed by atoms with van der Waals surface area (Å²) in [5.74, 6) is -1.76. The average molecular weight is 510 g/mol. The smallest absolute Gasteiger partial charge is 0.344 e. The van der Waals surface area contributed by atoms with Crippen molar-refractivity contribution in [3.8, 4) is 11.5 Å². The summed E-state index contributed by atoms with van der Waals surface area (Å²) >= 11 is 3.33. The van der Waals surface area contributed by atoms with Crippen LogP contribution in [0.4, 0.5) is 5.69 Å². The van der Waals surface area contributed by atoms with Gasteiger partial charge < -0.3 is 14.8 Å². The molecule has 33 heavy (non-hydrogen) atoms. The molecule has 0 aliphatic heterocycles. The molecule has 0 saturated heterocycles. The minimum absolute atomic E-state index is 0.257. The predicted octanol–water partition coefficient (Wildman–Crippen LogP) is 4.16. The fourth-order valence-corrected chi connectivity index (χ4v) is 3.26. The van der Waals surface area contributed by atoms with Gasteiger partial charge in [0, 0.05) is 10.0 Å². The van der Waals surface area contributed by atoms with Gasteiger partial charge in [0.05, 0.1) is 24.1 Å². The van der Waals surface area contributed by atoms with Crippen LogP contribution in [-0.4, -0.2) is 30.6 Å². The average Bonchev–Trinajstić information content (AvgIpc) is 2.83. The number of rotatable bonds is 6. The maximum absolute atomic E-state index is 12.6. The van der Waals surface area contributed by atoms with Crippen molar-refractivity contribution in [2.45, 2.75) is 6.92 Å². The largest absolute Gasteiger partial charge is 0.495 e. The van der Waals surface area contributed by atoms with Crippen molar-refractivity contribution in [2.24, 2.45) is 5.10 Å². The summed E-state index contributed by atoms with van der Waals surface area (Å²) < 4.78 is 11.3. The maximum atomic E-state index is 12.6. The summed E-state index contributed by atoms with van der Waals surface area (Å²) in [6.07, 6.45) is 0. The summed E-state index contributed by atoms with van der Waals surface area (Å²) in [5, 5.41) is 6.45. The van der Waals surface area contributed by atoms with Gasteiger partial charge in [-0.3, -0.25) is 9.59 Å². The number of esters is 1. The lowest BCUT2D eigenvalue weighted by Gasteiger charge is -2.11. The first kappa shape index (κ1) is 23.7. The molecule has 2 amide bonds. The summed E-state index contributed by atoms with van der Waals surface area (Å²) in [5.41, 5.74) is 3.74. The monoisotopic (exact) mass is 509 g/mol. The van der Waals surface area contributed by atoms with Crippen molar-refractivity contribution in [1.29, 1.82) is 0 Å². The molecule has 0 heterocycles. The van der Waals surface area contributed by atoms with Crippen LogP contribution in [0, 0.1) is 0 Å². The Labute approximate surface area is 198 Å². The van der Waals surface area contributed by atoms with Gasteiger partial charge in [0.2, 0.25) is 0 Å². The fourth-order valence-electron chi connectivity index (χ4n) is 2.81. The molecule has 0 fully saturated rings. The number of nitrogens with one attached hydrogen (secondary N) is 2. The number of hydrazone groups is 1. The number of carbonyl (C=O) groups is 3. The molecule has 8 nitrogen and oxygen atoms in total. The third-order valence-electron chi connectivity index (χ3n) is 4.46. The molecule has 0 atom stereocenters. The van der Waals surface area contributed by atoms with E-state index in [-0.39, 0.29) is 5.75 Å². The zero-order valence-electron chi connectivity index (χ0n) is 17.8. The highest BCUT2D eigenvalue weighted by molar-refractivity contribution is 9.10. The zero-order valence-corrected chi connectivity index (χ0v) is 19.4. The number of anilines is 1. The summed E-state index contributed by atoms with van der Waals surface area (Å²) in [7, 11) is 1.46. The minimum Gasteiger partial charge on any atom is -0.495 e. The molecule has 3 aromatic rings. The van der Waals surface area contributed by atoms with Crippen LogP contribution in [0.15, 0.2) is 82.4 Å². The van der Waals surface area contributed by atoms with Crippen LogP contribution in [0.5, 0.6) is 11.5 Å². The minimum atomic E-state index is -0.969. The topological polar surface area (TPSA) is 106 Å².